The lowest BCUT2D eigenvalue weighted by Crippen LogP contribution is -2.19. The molecular formula is C16H15BrN2S. The molecule has 1 N–H and O–H groups in total. The van der Waals surface area contributed by atoms with Crippen LogP contribution in [0.15, 0.2) is 52.4 Å². The Hall–Kier alpha value is -1.23. The van der Waals surface area contributed by atoms with Crippen LogP contribution in [0.1, 0.15) is 16.5 Å². The number of hydrogen-bond acceptors (Lipinski definition) is 3. The van der Waals surface area contributed by atoms with Crippen LogP contribution in [0.3, 0.4) is 0 Å². The SMILES string of the molecule is CNC(Cc1sccc1Br)c1cccc2ncccc12. The number of benzene rings is 1. The second-order valence-corrected chi connectivity index (χ2v) is 6.51. The van der Waals surface area contributed by atoms with Gasteiger partial charge < -0.3 is 5.32 Å². The summed E-state index contributed by atoms with van der Waals surface area (Å²) >= 11 is 5.41. The minimum Gasteiger partial charge on any atom is -0.313 e. The molecule has 1 aromatic carbocycles. The highest BCUT2D eigenvalue weighted by atomic mass is 79.9. The smallest absolute Gasteiger partial charge is 0.0705 e. The summed E-state index contributed by atoms with van der Waals surface area (Å²) in [4.78, 5) is 5.80. The Morgan fingerprint density at radius 2 is 2.15 bits per heavy atom. The van der Waals surface area contributed by atoms with E-state index in [1.807, 2.05) is 19.3 Å². The standard InChI is InChI=1S/C16H15BrN2S/c1-18-15(10-16-13(17)7-9-20-16)12-4-2-6-14-11(12)5-3-8-19-14/h2-9,15,18H,10H2,1H3. The van der Waals surface area contributed by atoms with Crippen molar-refractivity contribution < 1.29 is 0 Å². The van der Waals surface area contributed by atoms with E-state index in [1.165, 1.54) is 20.3 Å². The van der Waals surface area contributed by atoms with Crippen molar-refractivity contribution in [3.63, 3.8) is 0 Å². The summed E-state index contributed by atoms with van der Waals surface area (Å²) in [6.07, 6.45) is 2.82. The number of likely N-dealkylation sites (N-methyl/N-ethyl adjacent to an activating group) is 1. The second-order valence-electron chi connectivity index (χ2n) is 4.65. The van der Waals surface area contributed by atoms with Gasteiger partial charge in [0.1, 0.15) is 0 Å². The molecule has 0 bridgehead atoms. The van der Waals surface area contributed by atoms with Crippen molar-refractivity contribution in [3.8, 4) is 0 Å². The number of hydrogen-bond donors (Lipinski definition) is 1. The molecule has 2 aromatic heterocycles. The van der Waals surface area contributed by atoms with Crippen molar-refractivity contribution in [3.05, 3.63) is 62.9 Å². The van der Waals surface area contributed by atoms with Gasteiger partial charge in [-0.3, -0.25) is 4.98 Å². The number of halogens is 1. The molecule has 0 radical (unpaired) electrons. The number of aromatic nitrogens is 1. The van der Waals surface area contributed by atoms with Gasteiger partial charge in [0.05, 0.1) is 5.52 Å². The molecule has 0 amide bonds. The topological polar surface area (TPSA) is 24.9 Å². The number of nitrogens with one attached hydrogen (secondary N) is 1. The van der Waals surface area contributed by atoms with Gasteiger partial charge in [-0.15, -0.1) is 11.3 Å². The summed E-state index contributed by atoms with van der Waals surface area (Å²) in [5.74, 6) is 0. The molecule has 0 aliphatic heterocycles. The van der Waals surface area contributed by atoms with E-state index in [9.17, 15) is 0 Å². The van der Waals surface area contributed by atoms with Crippen LogP contribution < -0.4 is 5.32 Å². The van der Waals surface area contributed by atoms with E-state index < -0.39 is 0 Å². The third kappa shape index (κ3) is 2.64. The third-order valence-electron chi connectivity index (χ3n) is 3.48. The second kappa shape index (κ2) is 6.04. The molecule has 0 fully saturated rings. The zero-order chi connectivity index (χ0) is 13.9. The Morgan fingerprint density at radius 1 is 1.25 bits per heavy atom. The van der Waals surface area contributed by atoms with E-state index in [0.29, 0.717) is 0 Å². The molecule has 1 atom stereocenters. The molecule has 0 saturated heterocycles. The Balaban J connectivity index is 2.01. The highest BCUT2D eigenvalue weighted by molar-refractivity contribution is 9.10. The minimum absolute atomic E-state index is 0.290. The van der Waals surface area contributed by atoms with Gasteiger partial charge in [-0.05, 0) is 52.1 Å². The van der Waals surface area contributed by atoms with E-state index in [-0.39, 0.29) is 6.04 Å². The van der Waals surface area contributed by atoms with E-state index in [0.717, 1.165) is 11.9 Å². The number of thiophene rings is 1. The fraction of sp³-hybridized carbons (Fsp3) is 0.188. The first-order valence-corrected chi connectivity index (χ1v) is 8.19. The lowest BCUT2D eigenvalue weighted by Gasteiger charge is -2.18. The molecule has 1 unspecified atom stereocenters. The first-order valence-electron chi connectivity index (χ1n) is 6.52. The molecule has 102 valence electrons. The minimum atomic E-state index is 0.290. The summed E-state index contributed by atoms with van der Waals surface area (Å²) in [5, 5.41) is 6.78. The Morgan fingerprint density at radius 3 is 2.90 bits per heavy atom. The lowest BCUT2D eigenvalue weighted by molar-refractivity contribution is 0.600. The first kappa shape index (κ1) is 13.7. The molecule has 0 aliphatic carbocycles. The maximum absolute atomic E-state index is 4.44. The normalized spacial score (nSPS) is 12.7. The lowest BCUT2D eigenvalue weighted by atomic mass is 9.98. The van der Waals surface area contributed by atoms with Crippen molar-refractivity contribution in [1.82, 2.24) is 10.3 Å². The Bertz CT molecular complexity index is 718. The van der Waals surface area contributed by atoms with Crippen LogP contribution in [0.2, 0.25) is 0 Å². The Kier molecular flexibility index (Phi) is 4.15. The van der Waals surface area contributed by atoms with Crippen LogP contribution in [0.25, 0.3) is 10.9 Å². The van der Waals surface area contributed by atoms with Gasteiger partial charge >= 0.3 is 0 Å². The fourth-order valence-corrected chi connectivity index (χ4v) is 4.02. The van der Waals surface area contributed by atoms with Gasteiger partial charge in [-0.2, -0.15) is 0 Å². The van der Waals surface area contributed by atoms with Gasteiger partial charge in [0.2, 0.25) is 0 Å². The number of fused-ring (bicyclic) bond motifs is 1. The van der Waals surface area contributed by atoms with Gasteiger partial charge in [-0.1, -0.05) is 18.2 Å². The summed E-state index contributed by atoms with van der Waals surface area (Å²) in [6, 6.07) is 12.9. The quantitative estimate of drug-likeness (QED) is 0.748. The number of nitrogens with zero attached hydrogens (tertiary/aromatic N) is 1. The monoisotopic (exact) mass is 346 g/mol. The molecule has 20 heavy (non-hydrogen) atoms. The van der Waals surface area contributed by atoms with Crippen molar-refractivity contribution in [2.24, 2.45) is 0 Å². The molecule has 2 nitrogen and oxygen atoms in total. The van der Waals surface area contributed by atoms with Gasteiger partial charge in [0.15, 0.2) is 0 Å². The van der Waals surface area contributed by atoms with E-state index in [1.54, 1.807) is 11.3 Å². The van der Waals surface area contributed by atoms with Crippen molar-refractivity contribution in [2.75, 3.05) is 7.05 Å². The zero-order valence-corrected chi connectivity index (χ0v) is 13.5. The molecule has 3 rings (SSSR count). The zero-order valence-electron chi connectivity index (χ0n) is 11.1. The third-order valence-corrected chi connectivity index (χ3v) is 5.43. The molecule has 4 heteroatoms. The molecule has 0 spiro atoms. The van der Waals surface area contributed by atoms with Crippen LogP contribution >= 0.6 is 27.3 Å². The molecule has 0 aliphatic rings. The Labute approximate surface area is 131 Å². The number of rotatable bonds is 4. The highest BCUT2D eigenvalue weighted by Gasteiger charge is 2.15. The predicted octanol–water partition coefficient (Wildman–Crippen LogP) is 4.56. The summed E-state index contributed by atoms with van der Waals surface area (Å²) in [6.45, 7) is 0. The number of pyridine rings is 1. The average Bonchev–Trinajstić information content (AvgIpc) is 2.89. The average molecular weight is 347 g/mol. The van der Waals surface area contributed by atoms with E-state index >= 15 is 0 Å². The summed E-state index contributed by atoms with van der Waals surface area (Å²) in [7, 11) is 2.02. The molecule has 0 saturated carbocycles. The summed E-state index contributed by atoms with van der Waals surface area (Å²) in [5.41, 5.74) is 2.36. The fourth-order valence-electron chi connectivity index (χ4n) is 2.45. The highest BCUT2D eigenvalue weighted by Crippen LogP contribution is 2.30. The molecular weight excluding hydrogens is 332 g/mol. The van der Waals surface area contributed by atoms with Gasteiger partial charge in [0.25, 0.3) is 0 Å². The maximum Gasteiger partial charge on any atom is 0.0705 e. The van der Waals surface area contributed by atoms with Crippen molar-refractivity contribution in [2.45, 2.75) is 12.5 Å². The molecule has 2 heterocycles. The van der Waals surface area contributed by atoms with Crippen molar-refractivity contribution in [1.29, 1.82) is 0 Å². The van der Waals surface area contributed by atoms with Gasteiger partial charge in [-0.25, -0.2) is 0 Å². The maximum atomic E-state index is 4.44. The summed E-state index contributed by atoms with van der Waals surface area (Å²) < 4.78 is 1.20. The van der Waals surface area contributed by atoms with Crippen LogP contribution in [0, 0.1) is 0 Å². The predicted molar refractivity (Wildman–Crippen MR) is 89.3 cm³/mol. The van der Waals surface area contributed by atoms with Crippen LogP contribution in [0.4, 0.5) is 0 Å². The van der Waals surface area contributed by atoms with E-state index in [2.05, 4.69) is 61.9 Å². The van der Waals surface area contributed by atoms with Gasteiger partial charge in [0, 0.05) is 33.4 Å². The van der Waals surface area contributed by atoms with Crippen LogP contribution in [-0.4, -0.2) is 12.0 Å². The van der Waals surface area contributed by atoms with Crippen LogP contribution in [0.5, 0.6) is 0 Å². The van der Waals surface area contributed by atoms with E-state index in [4.69, 9.17) is 0 Å². The van der Waals surface area contributed by atoms with Crippen molar-refractivity contribution >= 4 is 38.2 Å². The molecule has 3 aromatic rings. The first-order chi connectivity index (χ1) is 9.79. The van der Waals surface area contributed by atoms with Crippen LogP contribution in [-0.2, 0) is 6.42 Å². The largest absolute Gasteiger partial charge is 0.313 e.